The molecule has 0 saturated heterocycles. The molecule has 0 fully saturated rings. The fourth-order valence-corrected chi connectivity index (χ4v) is 3.36. The first-order valence-electron chi connectivity index (χ1n) is 10.2. The van der Waals surface area contributed by atoms with Gasteiger partial charge in [-0.3, -0.25) is 14.5 Å². The summed E-state index contributed by atoms with van der Waals surface area (Å²) in [6.45, 7) is 8.00. The largest absolute Gasteiger partial charge is 0.490 e. The molecule has 3 rings (SSSR count). The van der Waals surface area contributed by atoms with Crippen LogP contribution in [0.15, 0.2) is 77.9 Å². The highest BCUT2D eigenvalue weighted by Gasteiger charge is 2.35. The van der Waals surface area contributed by atoms with E-state index in [0.29, 0.717) is 41.4 Å². The van der Waals surface area contributed by atoms with Gasteiger partial charge in [0.25, 0.3) is 11.8 Å². The first-order chi connectivity index (χ1) is 15.5. The minimum atomic E-state index is -0.584. The summed E-state index contributed by atoms with van der Waals surface area (Å²) in [6.07, 6.45) is 3.31. The van der Waals surface area contributed by atoms with Crippen LogP contribution in [-0.4, -0.2) is 29.9 Å². The lowest BCUT2D eigenvalue weighted by molar-refractivity contribution is -0.141. The Kier molecular flexibility index (Phi) is 7.25. The van der Waals surface area contributed by atoms with Crippen LogP contribution < -0.4 is 9.47 Å². The molecule has 6 nitrogen and oxygen atoms in total. The van der Waals surface area contributed by atoms with Crippen LogP contribution in [0.25, 0.3) is 6.08 Å². The van der Waals surface area contributed by atoms with Crippen molar-refractivity contribution in [3.63, 3.8) is 0 Å². The molecule has 0 bridgehead atoms. The van der Waals surface area contributed by atoms with Crippen molar-refractivity contribution in [2.75, 3.05) is 13.2 Å². The highest BCUT2D eigenvalue weighted by Crippen LogP contribution is 2.32. The molecule has 162 valence electrons. The molecule has 0 saturated carbocycles. The number of hydrogen-bond donors (Lipinski definition) is 0. The number of nitrogens with zero attached hydrogens (tertiary/aromatic N) is 2. The number of ether oxygens (including phenoxy) is 2. The fourth-order valence-electron chi connectivity index (χ4n) is 3.36. The van der Waals surface area contributed by atoms with E-state index >= 15 is 0 Å². The number of rotatable bonds is 8. The van der Waals surface area contributed by atoms with Gasteiger partial charge in [0.05, 0.1) is 13.2 Å². The van der Waals surface area contributed by atoms with Crippen LogP contribution in [0, 0.1) is 11.3 Å². The molecule has 1 aliphatic heterocycles. The molecule has 2 aromatic carbocycles. The third-order valence-electron chi connectivity index (χ3n) is 4.94. The van der Waals surface area contributed by atoms with Crippen LogP contribution in [0.4, 0.5) is 0 Å². The van der Waals surface area contributed by atoms with E-state index in [9.17, 15) is 14.9 Å². The second kappa shape index (κ2) is 10.3. The first kappa shape index (κ1) is 22.6. The minimum Gasteiger partial charge on any atom is -0.490 e. The second-order valence-corrected chi connectivity index (χ2v) is 7.09. The summed E-state index contributed by atoms with van der Waals surface area (Å²) in [7, 11) is 0. The summed E-state index contributed by atoms with van der Waals surface area (Å²) in [5, 5.41) is 9.58. The summed E-state index contributed by atoms with van der Waals surface area (Å²) in [5.41, 5.74) is 2.10. The van der Waals surface area contributed by atoms with Gasteiger partial charge in [-0.05, 0) is 48.8 Å². The van der Waals surface area contributed by atoms with Crippen LogP contribution in [0.5, 0.6) is 11.5 Å². The van der Waals surface area contributed by atoms with E-state index in [1.54, 1.807) is 37.3 Å². The van der Waals surface area contributed by atoms with Crippen molar-refractivity contribution in [2.45, 2.75) is 20.4 Å². The zero-order chi connectivity index (χ0) is 23.1. The molecule has 0 aliphatic carbocycles. The van der Waals surface area contributed by atoms with Gasteiger partial charge in [-0.15, -0.1) is 0 Å². The first-order valence-corrected chi connectivity index (χ1v) is 10.2. The van der Waals surface area contributed by atoms with E-state index in [0.717, 1.165) is 10.5 Å². The van der Waals surface area contributed by atoms with E-state index in [4.69, 9.17) is 9.47 Å². The Bertz CT molecular complexity index is 1140. The standard InChI is InChI=1S/C26H24N2O4/c1-4-13-32-23-12-11-20(15-24(23)31-5-2)14-21-18(3)22(16-27)26(30)28(25(21)29)17-19-9-7-6-8-10-19/h4,6-12,14-15H,1,5,13,17H2,2-3H3/b21-14+. The summed E-state index contributed by atoms with van der Waals surface area (Å²) < 4.78 is 11.3. The van der Waals surface area contributed by atoms with Crippen molar-refractivity contribution < 1.29 is 19.1 Å². The lowest BCUT2D eigenvalue weighted by Crippen LogP contribution is -2.42. The Morgan fingerprint density at radius 3 is 2.47 bits per heavy atom. The van der Waals surface area contributed by atoms with Crippen LogP contribution >= 0.6 is 0 Å². The number of hydrogen-bond acceptors (Lipinski definition) is 5. The van der Waals surface area contributed by atoms with Crippen molar-refractivity contribution >= 4 is 17.9 Å². The number of nitriles is 1. The van der Waals surface area contributed by atoms with E-state index in [1.165, 1.54) is 0 Å². The molecule has 1 aliphatic rings. The smallest absolute Gasteiger partial charge is 0.271 e. The van der Waals surface area contributed by atoms with Crippen LogP contribution in [0.2, 0.25) is 0 Å². The summed E-state index contributed by atoms with van der Waals surface area (Å²) in [4.78, 5) is 27.2. The Hall–Kier alpha value is -4.11. The minimum absolute atomic E-state index is 0.0391. The Labute approximate surface area is 187 Å². The van der Waals surface area contributed by atoms with Gasteiger partial charge >= 0.3 is 0 Å². The fraction of sp³-hybridized carbons (Fsp3) is 0.192. The summed E-state index contributed by atoms with van der Waals surface area (Å²) >= 11 is 0. The van der Waals surface area contributed by atoms with Gasteiger partial charge in [-0.2, -0.15) is 5.26 Å². The van der Waals surface area contributed by atoms with E-state index < -0.39 is 11.8 Å². The number of imide groups is 1. The molecule has 1 heterocycles. The van der Waals surface area contributed by atoms with Crippen LogP contribution in [0.1, 0.15) is 25.0 Å². The van der Waals surface area contributed by atoms with Gasteiger partial charge in [0, 0.05) is 5.57 Å². The SMILES string of the molecule is C=CCOc1ccc(/C=C2/C(=O)N(Cc3ccccc3)C(=O)C(C#N)=C2C)cc1OCC. The van der Waals surface area contributed by atoms with Crippen molar-refractivity contribution in [1.82, 2.24) is 4.90 Å². The quantitative estimate of drug-likeness (QED) is 0.353. The van der Waals surface area contributed by atoms with Crippen molar-refractivity contribution in [2.24, 2.45) is 0 Å². The maximum absolute atomic E-state index is 13.3. The molecule has 0 radical (unpaired) electrons. The number of benzene rings is 2. The van der Waals surface area contributed by atoms with E-state index in [1.807, 2.05) is 43.3 Å². The monoisotopic (exact) mass is 428 g/mol. The predicted octanol–water partition coefficient (Wildman–Crippen LogP) is 4.44. The number of carbonyl (C=O) groups excluding carboxylic acids is 2. The predicted molar refractivity (Wildman–Crippen MR) is 122 cm³/mol. The van der Waals surface area contributed by atoms with Gasteiger partial charge in [0.2, 0.25) is 0 Å². The normalized spacial score (nSPS) is 15.0. The highest BCUT2D eigenvalue weighted by atomic mass is 16.5. The Balaban J connectivity index is 2.02. The van der Waals surface area contributed by atoms with Gasteiger partial charge in [-0.25, -0.2) is 0 Å². The van der Waals surface area contributed by atoms with Crippen molar-refractivity contribution in [3.8, 4) is 17.6 Å². The number of carbonyl (C=O) groups is 2. The third kappa shape index (κ3) is 4.79. The molecular formula is C26H24N2O4. The zero-order valence-corrected chi connectivity index (χ0v) is 18.1. The summed E-state index contributed by atoms with van der Waals surface area (Å²) in [5.74, 6) is 0.0699. The molecule has 0 atom stereocenters. The van der Waals surface area contributed by atoms with Crippen molar-refractivity contribution in [3.05, 3.63) is 89.0 Å². The average Bonchev–Trinajstić information content (AvgIpc) is 2.80. The highest BCUT2D eigenvalue weighted by molar-refractivity contribution is 6.19. The molecule has 6 heteroatoms. The maximum atomic E-state index is 13.3. The molecule has 2 aromatic rings. The zero-order valence-electron chi connectivity index (χ0n) is 18.1. The Morgan fingerprint density at radius 2 is 1.81 bits per heavy atom. The molecule has 0 unspecified atom stereocenters. The van der Waals surface area contributed by atoms with E-state index in [2.05, 4.69) is 6.58 Å². The van der Waals surface area contributed by atoms with Crippen molar-refractivity contribution in [1.29, 1.82) is 5.26 Å². The lowest BCUT2D eigenvalue weighted by Gasteiger charge is -2.27. The van der Waals surface area contributed by atoms with Crippen LogP contribution in [0.3, 0.4) is 0 Å². The van der Waals surface area contributed by atoms with Crippen LogP contribution in [-0.2, 0) is 16.1 Å². The van der Waals surface area contributed by atoms with Gasteiger partial charge in [0.15, 0.2) is 11.5 Å². The van der Waals surface area contributed by atoms with Gasteiger partial charge in [0.1, 0.15) is 18.2 Å². The number of amides is 2. The molecule has 0 aromatic heterocycles. The van der Waals surface area contributed by atoms with Gasteiger partial charge in [-0.1, -0.05) is 49.1 Å². The second-order valence-electron chi connectivity index (χ2n) is 7.09. The third-order valence-corrected chi connectivity index (χ3v) is 4.94. The molecule has 0 N–H and O–H groups in total. The van der Waals surface area contributed by atoms with Gasteiger partial charge < -0.3 is 9.47 Å². The molecule has 0 spiro atoms. The molecule has 32 heavy (non-hydrogen) atoms. The maximum Gasteiger partial charge on any atom is 0.271 e. The average molecular weight is 428 g/mol. The topological polar surface area (TPSA) is 79.6 Å². The molecule has 2 amide bonds. The lowest BCUT2D eigenvalue weighted by atomic mass is 9.93. The Morgan fingerprint density at radius 1 is 1.06 bits per heavy atom. The van der Waals surface area contributed by atoms with E-state index in [-0.39, 0.29) is 12.1 Å². The molecular weight excluding hydrogens is 404 g/mol. The summed E-state index contributed by atoms with van der Waals surface area (Å²) in [6, 6.07) is 16.5.